The highest BCUT2D eigenvalue weighted by molar-refractivity contribution is 7.48. The van der Waals surface area contributed by atoms with Gasteiger partial charge in [-0.2, -0.15) is 0 Å². The van der Waals surface area contributed by atoms with Gasteiger partial charge in [-0.25, -0.2) is 27.4 Å². The maximum atomic E-state index is 14.9. The summed E-state index contributed by atoms with van der Waals surface area (Å²) >= 11 is 0. The minimum absolute atomic E-state index is 0.289. The van der Waals surface area contributed by atoms with E-state index >= 15 is 0 Å². The molecule has 0 aliphatic carbocycles. The molecule has 1 saturated heterocycles. The first-order valence-corrected chi connectivity index (χ1v) is 16.3. The van der Waals surface area contributed by atoms with Gasteiger partial charge >= 0.3 is 31.4 Å². The Kier molecular flexibility index (Phi) is 14.0. The topological polar surface area (TPSA) is 223 Å². The van der Waals surface area contributed by atoms with Crippen LogP contribution >= 0.6 is 7.82 Å². The van der Waals surface area contributed by atoms with Crippen molar-refractivity contribution >= 4 is 25.7 Å². The van der Waals surface area contributed by atoms with Crippen LogP contribution in [-0.4, -0.2) is 76.3 Å². The Hall–Kier alpha value is -2.99. The summed E-state index contributed by atoms with van der Waals surface area (Å²) in [6, 6.07) is -0.0736. The van der Waals surface area contributed by atoms with Crippen LogP contribution in [0.2, 0.25) is 0 Å². The van der Waals surface area contributed by atoms with Gasteiger partial charge in [0.15, 0.2) is 13.0 Å². The van der Waals surface area contributed by atoms with Gasteiger partial charge in [0, 0.05) is 18.2 Å². The van der Waals surface area contributed by atoms with Gasteiger partial charge < -0.3 is 29.8 Å². The molecule has 0 radical (unpaired) electrons. The van der Waals surface area contributed by atoms with Crippen LogP contribution in [0.3, 0.4) is 0 Å². The second kappa shape index (κ2) is 16.4. The number of halogens is 1. The molecular formula is C28H45FN3O14P. The molecule has 17 nitrogen and oxygen atoms in total. The van der Waals surface area contributed by atoms with Crippen molar-refractivity contribution in [1.82, 2.24) is 9.13 Å². The lowest BCUT2D eigenvalue weighted by atomic mass is 9.80. The molecule has 1 aliphatic rings. The van der Waals surface area contributed by atoms with Crippen LogP contribution in [0.15, 0.2) is 21.9 Å². The quantitative estimate of drug-likeness (QED) is 0.102. The number of aliphatic hydroxyl groups is 1. The minimum atomic E-state index is -4.77. The van der Waals surface area contributed by atoms with E-state index in [4.69, 9.17) is 38.3 Å². The lowest BCUT2D eigenvalue weighted by Crippen LogP contribution is -2.48. The molecular weight excluding hydrogens is 652 g/mol. The predicted molar refractivity (Wildman–Crippen MR) is 160 cm³/mol. The molecule has 0 bridgehead atoms. The van der Waals surface area contributed by atoms with Crippen molar-refractivity contribution in [3.05, 3.63) is 33.1 Å². The number of hydrogen-bond acceptors (Lipinski definition) is 15. The van der Waals surface area contributed by atoms with Crippen molar-refractivity contribution in [2.75, 3.05) is 26.9 Å². The van der Waals surface area contributed by atoms with E-state index in [1.165, 1.54) is 13.8 Å². The first-order chi connectivity index (χ1) is 21.7. The molecule has 268 valence electrons. The lowest BCUT2D eigenvalue weighted by Gasteiger charge is -2.32. The third kappa shape index (κ3) is 9.78. The van der Waals surface area contributed by atoms with Crippen LogP contribution in [0.1, 0.15) is 61.6 Å². The summed E-state index contributed by atoms with van der Waals surface area (Å²) in [6.07, 6.45) is -0.641. The van der Waals surface area contributed by atoms with E-state index in [9.17, 15) is 38.0 Å². The molecule has 2 rings (SSSR count). The van der Waals surface area contributed by atoms with Crippen LogP contribution in [0.5, 0.6) is 0 Å². The van der Waals surface area contributed by atoms with Crippen LogP contribution in [0.25, 0.3) is 0 Å². The number of rotatable bonds is 17. The van der Waals surface area contributed by atoms with Crippen molar-refractivity contribution in [1.29, 1.82) is 0 Å². The molecule has 0 saturated carbocycles. The lowest BCUT2D eigenvalue weighted by molar-refractivity contribution is -0.160. The molecule has 0 amide bonds. The Labute approximate surface area is 270 Å². The molecule has 19 heteroatoms. The van der Waals surface area contributed by atoms with E-state index < -0.39 is 112 Å². The Morgan fingerprint density at radius 3 is 2.00 bits per heavy atom. The second-order valence-corrected chi connectivity index (χ2v) is 13.9. The summed E-state index contributed by atoms with van der Waals surface area (Å²) in [7, 11) is -4.77. The molecule has 47 heavy (non-hydrogen) atoms. The molecule has 1 aromatic rings. The molecule has 1 aliphatic heterocycles. The Morgan fingerprint density at radius 1 is 1.00 bits per heavy atom. The minimum Gasteiger partial charge on any atom is -0.442 e. The number of nitrogens with zero attached hydrogens (tertiary/aromatic N) is 2. The second-order valence-electron chi connectivity index (χ2n) is 12.2. The molecule has 1 fully saturated rings. The largest absolute Gasteiger partial charge is 0.480 e. The fourth-order valence-electron chi connectivity index (χ4n) is 4.13. The average Bonchev–Trinajstić information content (AvgIpc) is 3.20. The highest BCUT2D eigenvalue weighted by atomic mass is 31.2. The molecule has 0 spiro atoms. The predicted octanol–water partition coefficient (Wildman–Crippen LogP) is 1.59. The Balaban J connectivity index is 2.35. The third-order valence-corrected chi connectivity index (χ3v) is 8.94. The van der Waals surface area contributed by atoms with E-state index in [0.29, 0.717) is 4.57 Å². The molecule has 1 aromatic heterocycles. The number of nitrogens with two attached hydrogens (primary N) is 1. The zero-order valence-corrected chi connectivity index (χ0v) is 28.6. The van der Waals surface area contributed by atoms with Gasteiger partial charge in [0.1, 0.15) is 23.9 Å². The van der Waals surface area contributed by atoms with Crippen molar-refractivity contribution in [3.63, 3.8) is 0 Å². The van der Waals surface area contributed by atoms with Crippen molar-refractivity contribution in [3.8, 4) is 0 Å². The van der Waals surface area contributed by atoms with E-state index in [1.54, 1.807) is 41.5 Å². The highest BCUT2D eigenvalue weighted by Gasteiger charge is 2.61. The number of carbonyl (C=O) groups is 3. The third-order valence-electron chi connectivity index (χ3n) is 7.65. The van der Waals surface area contributed by atoms with Gasteiger partial charge in [0.2, 0.25) is 13.6 Å². The SMILES string of the molecule is CC(C)C(=O)OCOP(=O)(OCOC(=O)C(C)C)OC[C@@]1(CF)OC(n2ccc(=O)n(COC(=O)C(N)C(C)C)c2=O)[C@](C)(O)[C@@H]1C. The summed E-state index contributed by atoms with van der Waals surface area (Å²) in [5.41, 5.74) is -0.292. The zero-order chi connectivity index (χ0) is 35.9. The van der Waals surface area contributed by atoms with E-state index in [2.05, 4.69) is 0 Å². The first-order valence-electron chi connectivity index (χ1n) is 14.8. The number of hydrogen-bond donors (Lipinski definition) is 2. The van der Waals surface area contributed by atoms with E-state index in [-0.39, 0.29) is 5.92 Å². The van der Waals surface area contributed by atoms with Gasteiger partial charge in [-0.1, -0.05) is 48.5 Å². The van der Waals surface area contributed by atoms with Gasteiger partial charge in [0.25, 0.3) is 5.56 Å². The molecule has 0 aromatic carbocycles. The highest BCUT2D eigenvalue weighted by Crippen LogP contribution is 2.54. The zero-order valence-electron chi connectivity index (χ0n) is 27.7. The number of alkyl halides is 1. The number of phosphoric ester groups is 1. The molecule has 2 unspecified atom stereocenters. The monoisotopic (exact) mass is 697 g/mol. The fourth-order valence-corrected chi connectivity index (χ4v) is 5.09. The number of ether oxygens (including phenoxy) is 4. The molecule has 2 heterocycles. The van der Waals surface area contributed by atoms with E-state index in [0.717, 1.165) is 16.8 Å². The molecule has 3 N–H and O–H groups in total. The van der Waals surface area contributed by atoms with E-state index in [1.807, 2.05) is 0 Å². The standard InChI is InChI=1S/C28H45FN3O14P/c1-16(2)21(30)24(36)40-13-32-20(33)9-10-31(26(32)37)25-27(8,38)19(7)28(11-29,46-25)12-43-47(39,44-14-41-22(34)17(3)4)45-15-42-23(35)18(5)6/h9-10,16-19,21,25,38H,11-15,30H2,1-8H3/t19-,21?,25?,27+,28+/m0/s1. The van der Waals surface area contributed by atoms with Gasteiger partial charge in [-0.15, -0.1) is 0 Å². The number of carbonyl (C=O) groups excluding carboxylic acids is 3. The summed E-state index contributed by atoms with van der Waals surface area (Å²) in [6.45, 7) is 7.24. The number of aromatic nitrogens is 2. The van der Waals surface area contributed by atoms with Crippen LogP contribution in [-0.2, 0) is 58.2 Å². The van der Waals surface area contributed by atoms with Crippen molar-refractivity contribution in [2.24, 2.45) is 29.4 Å². The van der Waals surface area contributed by atoms with Crippen LogP contribution in [0, 0.1) is 23.7 Å². The smallest absolute Gasteiger partial charge is 0.442 e. The summed E-state index contributed by atoms with van der Waals surface area (Å²) in [5.74, 6) is -4.88. The van der Waals surface area contributed by atoms with Crippen LogP contribution in [0.4, 0.5) is 4.39 Å². The summed E-state index contributed by atoms with van der Waals surface area (Å²) < 4.78 is 65.8. The van der Waals surface area contributed by atoms with Crippen molar-refractivity contribution in [2.45, 2.75) is 85.6 Å². The van der Waals surface area contributed by atoms with Crippen molar-refractivity contribution < 1.29 is 61.0 Å². The van der Waals surface area contributed by atoms with Gasteiger partial charge in [-0.05, 0) is 12.8 Å². The molecule has 5 atom stereocenters. The first kappa shape index (κ1) is 40.2. The number of phosphoric acid groups is 1. The fraction of sp³-hybridized carbons (Fsp3) is 0.750. The Bertz CT molecular complexity index is 1400. The van der Waals surface area contributed by atoms with Gasteiger partial charge in [0.05, 0.1) is 18.4 Å². The van der Waals surface area contributed by atoms with Crippen LogP contribution < -0.4 is 17.0 Å². The maximum absolute atomic E-state index is 14.9. The summed E-state index contributed by atoms with van der Waals surface area (Å²) in [5, 5.41) is 11.5. The number of esters is 3. The average molecular weight is 698 g/mol. The maximum Gasteiger partial charge on any atom is 0.480 e. The normalized spacial score (nSPS) is 23.7. The van der Waals surface area contributed by atoms with Gasteiger partial charge in [-0.3, -0.25) is 28.3 Å². The summed E-state index contributed by atoms with van der Waals surface area (Å²) in [4.78, 5) is 61.8. The Morgan fingerprint density at radius 2 is 1.53 bits per heavy atom.